The molecule has 0 aliphatic rings. The molecular weight excluding hydrogens is 354 g/mol. The van der Waals surface area contributed by atoms with Gasteiger partial charge in [-0.15, -0.1) is 0 Å². The maximum atomic E-state index is 12.5. The summed E-state index contributed by atoms with van der Waals surface area (Å²) in [5.74, 6) is -0.247. The number of ether oxygens (including phenoxy) is 1. The van der Waals surface area contributed by atoms with Crippen LogP contribution >= 0.6 is 0 Å². The van der Waals surface area contributed by atoms with Crippen LogP contribution in [0.2, 0.25) is 0 Å². The van der Waals surface area contributed by atoms with E-state index in [1.54, 1.807) is 45.0 Å². The fraction of sp³-hybridized carbons (Fsp3) is 0.364. The Morgan fingerprint density at radius 2 is 1.57 bits per heavy atom. The van der Waals surface area contributed by atoms with Gasteiger partial charge in [0.1, 0.15) is 5.60 Å². The Morgan fingerprint density at radius 1 is 0.929 bits per heavy atom. The lowest BCUT2D eigenvalue weighted by Crippen LogP contribution is -2.27. The van der Waals surface area contributed by atoms with Gasteiger partial charge in [-0.25, -0.2) is 4.79 Å². The van der Waals surface area contributed by atoms with Crippen molar-refractivity contribution in [3.8, 4) is 0 Å². The molecule has 6 heteroatoms. The van der Waals surface area contributed by atoms with Crippen LogP contribution in [0, 0.1) is 0 Å². The molecule has 0 bridgehead atoms. The van der Waals surface area contributed by atoms with Crippen LogP contribution in [0.3, 0.4) is 0 Å². The molecule has 2 aromatic rings. The molecule has 2 N–H and O–H groups in total. The molecule has 0 atom stereocenters. The zero-order chi connectivity index (χ0) is 20.7. The van der Waals surface area contributed by atoms with Crippen LogP contribution in [-0.2, 0) is 4.74 Å². The Morgan fingerprint density at radius 3 is 2.14 bits per heavy atom. The van der Waals surface area contributed by atoms with Crippen molar-refractivity contribution in [1.29, 1.82) is 0 Å². The molecule has 0 saturated heterocycles. The first-order valence-electron chi connectivity index (χ1n) is 9.48. The van der Waals surface area contributed by atoms with Crippen molar-refractivity contribution in [1.82, 2.24) is 0 Å². The highest BCUT2D eigenvalue weighted by atomic mass is 16.6. The van der Waals surface area contributed by atoms with Gasteiger partial charge in [0.15, 0.2) is 0 Å². The lowest BCUT2D eigenvalue weighted by atomic mass is 10.1. The first-order valence-corrected chi connectivity index (χ1v) is 9.48. The van der Waals surface area contributed by atoms with Crippen molar-refractivity contribution in [2.75, 3.05) is 28.6 Å². The monoisotopic (exact) mass is 383 g/mol. The van der Waals surface area contributed by atoms with Crippen molar-refractivity contribution in [2.45, 2.75) is 40.2 Å². The molecule has 0 unspecified atom stereocenters. The van der Waals surface area contributed by atoms with Crippen molar-refractivity contribution in [2.24, 2.45) is 0 Å². The summed E-state index contributed by atoms with van der Waals surface area (Å²) in [5.41, 5.74) is 2.19. The number of benzene rings is 2. The fourth-order valence-electron chi connectivity index (χ4n) is 2.71. The fourth-order valence-corrected chi connectivity index (χ4v) is 2.71. The molecule has 6 nitrogen and oxygen atoms in total. The Hall–Kier alpha value is -3.02. The second kappa shape index (κ2) is 9.26. The number of carbonyl (C=O) groups is 2. The molecule has 0 saturated carbocycles. The van der Waals surface area contributed by atoms with E-state index in [1.807, 2.05) is 24.3 Å². The molecule has 2 aromatic carbocycles. The van der Waals surface area contributed by atoms with Gasteiger partial charge < -0.3 is 15.0 Å². The Kier molecular flexibility index (Phi) is 7.04. The first-order chi connectivity index (χ1) is 13.2. The summed E-state index contributed by atoms with van der Waals surface area (Å²) in [6.45, 7) is 11.5. The number of carbonyl (C=O) groups excluding carboxylic acids is 2. The summed E-state index contributed by atoms with van der Waals surface area (Å²) in [4.78, 5) is 26.7. The zero-order valence-electron chi connectivity index (χ0n) is 17.2. The number of nitrogens with zero attached hydrogens (tertiary/aromatic N) is 1. The summed E-state index contributed by atoms with van der Waals surface area (Å²) in [6.07, 6.45) is -0.558. The number of amides is 2. The molecule has 0 heterocycles. The summed E-state index contributed by atoms with van der Waals surface area (Å²) >= 11 is 0. The second-order valence-corrected chi connectivity index (χ2v) is 7.38. The largest absolute Gasteiger partial charge is 0.444 e. The number of anilines is 3. The smallest absolute Gasteiger partial charge is 0.412 e. The van der Waals surface area contributed by atoms with Crippen LogP contribution in [0.5, 0.6) is 0 Å². The van der Waals surface area contributed by atoms with Crippen molar-refractivity contribution < 1.29 is 14.3 Å². The Bertz CT molecular complexity index is 807. The quantitative estimate of drug-likeness (QED) is 0.725. The van der Waals surface area contributed by atoms with E-state index in [0.29, 0.717) is 16.9 Å². The van der Waals surface area contributed by atoms with Crippen molar-refractivity contribution >= 4 is 29.1 Å². The minimum atomic E-state index is -0.587. The van der Waals surface area contributed by atoms with Gasteiger partial charge in [0.2, 0.25) is 0 Å². The predicted molar refractivity (Wildman–Crippen MR) is 114 cm³/mol. The lowest BCUT2D eigenvalue weighted by Gasteiger charge is -2.21. The van der Waals surface area contributed by atoms with E-state index in [-0.39, 0.29) is 5.91 Å². The molecule has 0 aromatic heterocycles. The number of nitrogens with one attached hydrogen (secondary N) is 2. The summed E-state index contributed by atoms with van der Waals surface area (Å²) in [6, 6.07) is 14.5. The number of hydrogen-bond acceptors (Lipinski definition) is 4. The summed E-state index contributed by atoms with van der Waals surface area (Å²) in [7, 11) is 0. The minimum Gasteiger partial charge on any atom is -0.444 e. The third-order valence-electron chi connectivity index (χ3n) is 4.02. The van der Waals surface area contributed by atoms with Crippen molar-refractivity contribution in [3.05, 3.63) is 54.1 Å². The van der Waals surface area contributed by atoms with Gasteiger partial charge >= 0.3 is 6.09 Å². The van der Waals surface area contributed by atoms with Gasteiger partial charge in [0.25, 0.3) is 5.91 Å². The highest BCUT2D eigenvalue weighted by Crippen LogP contribution is 2.19. The van der Waals surface area contributed by atoms with Crippen LogP contribution in [0.1, 0.15) is 45.0 Å². The number of hydrogen-bond donors (Lipinski definition) is 2. The van der Waals surface area contributed by atoms with E-state index in [0.717, 1.165) is 18.8 Å². The molecule has 0 aliphatic carbocycles. The van der Waals surface area contributed by atoms with E-state index in [2.05, 4.69) is 29.4 Å². The average molecular weight is 383 g/mol. The standard InChI is InChI=1S/C22H29N3O3/c1-6-25(7-2)19-13-11-17(12-14-19)23-20(26)16-9-8-10-18(15-16)24-21(27)28-22(3,4)5/h8-15H,6-7H2,1-5H3,(H,23,26)(H,24,27). The second-order valence-electron chi connectivity index (χ2n) is 7.38. The maximum absolute atomic E-state index is 12.5. The molecule has 0 fully saturated rings. The highest BCUT2D eigenvalue weighted by Gasteiger charge is 2.16. The highest BCUT2D eigenvalue weighted by molar-refractivity contribution is 6.05. The molecular formula is C22H29N3O3. The first kappa shape index (κ1) is 21.3. The van der Waals surface area contributed by atoms with Crippen molar-refractivity contribution in [3.63, 3.8) is 0 Å². The Labute approximate surface area is 166 Å². The Balaban J connectivity index is 2.03. The third kappa shape index (κ3) is 6.30. The number of rotatable bonds is 6. The van der Waals surface area contributed by atoms with E-state index < -0.39 is 11.7 Å². The van der Waals surface area contributed by atoms with E-state index in [4.69, 9.17) is 4.74 Å². The average Bonchev–Trinajstić information content (AvgIpc) is 2.62. The minimum absolute atomic E-state index is 0.247. The molecule has 0 spiro atoms. The molecule has 2 amide bonds. The molecule has 150 valence electrons. The van der Waals surface area contributed by atoms with E-state index in [9.17, 15) is 9.59 Å². The van der Waals surface area contributed by atoms with Gasteiger partial charge in [0.05, 0.1) is 0 Å². The van der Waals surface area contributed by atoms with Crippen LogP contribution < -0.4 is 15.5 Å². The van der Waals surface area contributed by atoms with Gasteiger partial charge in [-0.2, -0.15) is 0 Å². The molecule has 28 heavy (non-hydrogen) atoms. The topological polar surface area (TPSA) is 70.7 Å². The van der Waals surface area contributed by atoms with Crippen LogP contribution in [-0.4, -0.2) is 30.7 Å². The lowest BCUT2D eigenvalue weighted by molar-refractivity contribution is 0.0635. The summed E-state index contributed by atoms with van der Waals surface area (Å²) < 4.78 is 5.23. The third-order valence-corrected chi connectivity index (χ3v) is 4.02. The van der Waals surface area contributed by atoms with Crippen LogP contribution in [0.25, 0.3) is 0 Å². The normalized spacial score (nSPS) is 10.9. The summed E-state index contributed by atoms with van der Waals surface area (Å²) in [5, 5.41) is 5.52. The van der Waals surface area contributed by atoms with E-state index >= 15 is 0 Å². The van der Waals surface area contributed by atoms with Gasteiger partial charge in [-0.3, -0.25) is 10.1 Å². The SMILES string of the molecule is CCN(CC)c1ccc(NC(=O)c2cccc(NC(=O)OC(C)(C)C)c2)cc1. The van der Waals surface area contributed by atoms with Gasteiger partial charge in [-0.05, 0) is 77.1 Å². The zero-order valence-corrected chi connectivity index (χ0v) is 17.2. The van der Waals surface area contributed by atoms with Crippen LogP contribution in [0.4, 0.5) is 21.9 Å². The molecule has 2 rings (SSSR count). The van der Waals surface area contributed by atoms with Gasteiger partial charge in [-0.1, -0.05) is 6.07 Å². The van der Waals surface area contributed by atoms with Crippen LogP contribution in [0.15, 0.2) is 48.5 Å². The molecule has 0 aliphatic heterocycles. The van der Waals surface area contributed by atoms with Gasteiger partial charge in [0, 0.05) is 35.7 Å². The van der Waals surface area contributed by atoms with E-state index in [1.165, 1.54) is 0 Å². The molecule has 0 radical (unpaired) electrons. The predicted octanol–water partition coefficient (Wildman–Crippen LogP) is 5.13. The maximum Gasteiger partial charge on any atom is 0.412 e.